The summed E-state index contributed by atoms with van der Waals surface area (Å²) in [5.74, 6) is 1.35. The number of anilines is 2. The number of likely N-dealkylation sites (N-methyl/N-ethyl adjacent to an activating group) is 1. The molecule has 1 atom stereocenters. The van der Waals surface area contributed by atoms with E-state index in [1.165, 1.54) is 31.3 Å². The molecule has 1 aliphatic rings. The molecular formula is C26H29AsClFN4O3. The van der Waals surface area contributed by atoms with Gasteiger partial charge in [0, 0.05) is 0 Å². The number of methoxy groups -OCH3 is 1. The van der Waals surface area contributed by atoms with Crippen molar-refractivity contribution in [1.29, 1.82) is 0 Å². The van der Waals surface area contributed by atoms with E-state index in [2.05, 4.69) is 20.2 Å². The van der Waals surface area contributed by atoms with Gasteiger partial charge in [-0.15, -0.1) is 0 Å². The Bertz CT molecular complexity index is 1260. The average molecular weight is 575 g/mol. The topological polar surface area (TPSA) is 76.6 Å². The number of ether oxygens (including phenoxy) is 2. The number of nitrogens with zero attached hydrogens (tertiary/aromatic N) is 3. The van der Waals surface area contributed by atoms with Gasteiger partial charge < -0.3 is 0 Å². The molecule has 4 rings (SSSR count). The molecule has 2 aromatic carbocycles. The number of aromatic nitrogens is 2. The number of benzene rings is 2. The Kier molecular flexibility index (Phi) is 9.32. The summed E-state index contributed by atoms with van der Waals surface area (Å²) < 4.78 is 25.8. The maximum atomic E-state index is 13.6. The van der Waals surface area contributed by atoms with E-state index in [1.807, 2.05) is 25.3 Å². The second kappa shape index (κ2) is 12.6. The average Bonchev–Trinajstić information content (AvgIpc) is 3.69. The van der Waals surface area contributed by atoms with Gasteiger partial charge in [-0.25, -0.2) is 0 Å². The van der Waals surface area contributed by atoms with E-state index in [9.17, 15) is 9.18 Å². The van der Waals surface area contributed by atoms with Gasteiger partial charge in [0.25, 0.3) is 0 Å². The van der Waals surface area contributed by atoms with Crippen LogP contribution in [0.5, 0.6) is 5.75 Å². The van der Waals surface area contributed by atoms with Crippen molar-refractivity contribution >= 4 is 58.7 Å². The molecule has 10 heteroatoms. The number of rotatable bonds is 13. The SMILES string of the molecule is COCCN(C)CC=CC(=O)[AsH]c1cc2c(Nc3ccc(F)c(Cl)c3)ncnc2cc1OCC1CC1. The molecule has 1 aliphatic carbocycles. The van der Waals surface area contributed by atoms with Crippen LogP contribution in [0.4, 0.5) is 15.9 Å². The predicted molar refractivity (Wildman–Crippen MR) is 143 cm³/mol. The summed E-state index contributed by atoms with van der Waals surface area (Å²) in [5.41, 5.74) is 1.30. The number of allylic oxidation sites excluding steroid dienone is 1. The van der Waals surface area contributed by atoms with Crippen molar-refractivity contribution in [1.82, 2.24) is 14.9 Å². The summed E-state index contributed by atoms with van der Waals surface area (Å²) >= 11 is 4.76. The van der Waals surface area contributed by atoms with E-state index in [4.69, 9.17) is 21.1 Å². The maximum absolute atomic E-state index is 13.6. The quantitative estimate of drug-likeness (QED) is 0.247. The first-order chi connectivity index (χ1) is 17.4. The summed E-state index contributed by atoms with van der Waals surface area (Å²) in [6.07, 6.45) is 7.37. The Morgan fingerprint density at radius 1 is 1.31 bits per heavy atom. The Balaban J connectivity index is 1.57. The Morgan fingerprint density at radius 3 is 2.89 bits per heavy atom. The molecule has 0 saturated heterocycles. The third-order valence-electron chi connectivity index (χ3n) is 5.71. The molecule has 0 radical (unpaired) electrons. The molecule has 1 N–H and O–H groups in total. The summed E-state index contributed by atoms with van der Waals surface area (Å²) in [6, 6.07) is 8.23. The Morgan fingerprint density at radius 2 is 2.14 bits per heavy atom. The first-order valence-corrected chi connectivity index (χ1v) is 14.2. The Labute approximate surface area is 221 Å². The molecule has 0 bridgehead atoms. The third-order valence-corrected chi connectivity index (χ3v) is 8.25. The Hall–Kier alpha value is -2.51. The van der Waals surface area contributed by atoms with E-state index in [-0.39, 0.29) is 9.59 Å². The molecule has 1 heterocycles. The fraction of sp³-hybridized carbons (Fsp3) is 0.346. The van der Waals surface area contributed by atoms with Crippen molar-refractivity contribution < 1.29 is 18.7 Å². The van der Waals surface area contributed by atoms with Gasteiger partial charge in [-0.1, -0.05) is 0 Å². The monoisotopic (exact) mass is 574 g/mol. The van der Waals surface area contributed by atoms with Gasteiger partial charge in [0.1, 0.15) is 0 Å². The normalized spacial score (nSPS) is 13.9. The molecule has 7 nitrogen and oxygen atoms in total. The summed E-state index contributed by atoms with van der Waals surface area (Å²) in [6.45, 7) is 2.76. The molecule has 0 spiro atoms. The van der Waals surface area contributed by atoms with E-state index >= 15 is 0 Å². The molecule has 3 aromatic rings. The van der Waals surface area contributed by atoms with Crippen molar-refractivity contribution in [3.8, 4) is 5.75 Å². The second-order valence-corrected chi connectivity index (χ2v) is 11.8. The predicted octanol–water partition coefficient (Wildman–Crippen LogP) is 3.68. The first kappa shape index (κ1) is 26.5. The van der Waals surface area contributed by atoms with E-state index in [1.54, 1.807) is 19.3 Å². The van der Waals surface area contributed by atoms with Crippen LogP contribution in [0.3, 0.4) is 0 Å². The molecule has 36 heavy (non-hydrogen) atoms. The first-order valence-electron chi connectivity index (χ1n) is 11.7. The van der Waals surface area contributed by atoms with Crippen molar-refractivity contribution in [2.24, 2.45) is 5.92 Å². The van der Waals surface area contributed by atoms with Crippen LogP contribution in [0.15, 0.2) is 48.8 Å². The van der Waals surface area contributed by atoms with Gasteiger partial charge in [0.15, 0.2) is 0 Å². The van der Waals surface area contributed by atoms with Gasteiger partial charge in [-0.3, -0.25) is 0 Å². The number of hydrogen-bond donors (Lipinski definition) is 1. The van der Waals surface area contributed by atoms with Crippen LogP contribution in [-0.4, -0.2) is 75.7 Å². The minimum absolute atomic E-state index is 0.0201. The fourth-order valence-electron chi connectivity index (χ4n) is 3.46. The van der Waals surface area contributed by atoms with Crippen molar-refractivity contribution in [3.05, 3.63) is 59.7 Å². The second-order valence-electron chi connectivity index (χ2n) is 8.74. The van der Waals surface area contributed by atoms with Crippen LogP contribution in [0.25, 0.3) is 10.9 Å². The number of halogens is 2. The molecule has 0 aliphatic heterocycles. The molecule has 1 aromatic heterocycles. The van der Waals surface area contributed by atoms with Crippen molar-refractivity contribution in [2.45, 2.75) is 12.8 Å². The number of carbonyl (C=O) groups is 1. The molecule has 190 valence electrons. The van der Waals surface area contributed by atoms with Crippen LogP contribution >= 0.6 is 11.6 Å². The van der Waals surface area contributed by atoms with Gasteiger partial charge in [0.2, 0.25) is 0 Å². The van der Waals surface area contributed by atoms with Gasteiger partial charge in [0.05, 0.1) is 0 Å². The minimum atomic E-state index is -1.18. The molecule has 1 saturated carbocycles. The summed E-state index contributed by atoms with van der Waals surface area (Å²) in [5, 5.41) is 3.97. The van der Waals surface area contributed by atoms with E-state index in [0.29, 0.717) is 48.4 Å². The summed E-state index contributed by atoms with van der Waals surface area (Å²) in [7, 11) is 3.66. The fourth-order valence-corrected chi connectivity index (χ4v) is 5.63. The molecule has 1 unspecified atom stereocenters. The zero-order valence-corrected chi connectivity index (χ0v) is 23.1. The van der Waals surface area contributed by atoms with E-state index < -0.39 is 21.6 Å². The zero-order valence-electron chi connectivity index (χ0n) is 20.3. The summed E-state index contributed by atoms with van der Waals surface area (Å²) in [4.78, 5) is 23.7. The van der Waals surface area contributed by atoms with Crippen LogP contribution in [0.1, 0.15) is 12.8 Å². The third kappa shape index (κ3) is 7.50. The molecular weight excluding hydrogens is 546 g/mol. The van der Waals surface area contributed by atoms with Crippen molar-refractivity contribution in [2.75, 3.05) is 45.8 Å². The number of fused-ring (bicyclic) bond motifs is 1. The molecule has 0 amide bonds. The standard InChI is InChI=1S/C26H29AsClFN4O3/c1-33(10-11-35-2)9-3-4-25(34)27-20-13-19-23(14-24(20)36-15-17-5-6-17)30-16-31-26(19)32-18-7-8-22(29)21(28)12-18/h3-4,7-8,12-14,16-17,27H,5-6,9-11,15H2,1-2H3,(H,30,31,32). The number of hydrogen-bond acceptors (Lipinski definition) is 7. The number of carbonyl (C=O) groups excluding carboxylic acids is 1. The van der Waals surface area contributed by atoms with Gasteiger partial charge in [-0.05, 0) is 0 Å². The van der Waals surface area contributed by atoms with Crippen molar-refractivity contribution in [3.63, 3.8) is 0 Å². The van der Waals surface area contributed by atoms with Gasteiger partial charge in [-0.2, -0.15) is 0 Å². The van der Waals surface area contributed by atoms with Crippen LogP contribution in [-0.2, 0) is 9.53 Å². The number of nitrogens with one attached hydrogen (secondary N) is 1. The van der Waals surface area contributed by atoms with E-state index in [0.717, 1.165) is 16.3 Å². The van der Waals surface area contributed by atoms with Gasteiger partial charge >= 0.3 is 222 Å². The van der Waals surface area contributed by atoms with Crippen LogP contribution < -0.4 is 14.4 Å². The van der Waals surface area contributed by atoms with Crippen LogP contribution in [0, 0.1) is 11.7 Å². The molecule has 1 fully saturated rings. The zero-order chi connectivity index (χ0) is 25.5. The van der Waals surface area contributed by atoms with Crippen LogP contribution in [0.2, 0.25) is 5.02 Å².